The van der Waals surface area contributed by atoms with E-state index >= 15 is 0 Å². The molecule has 2 N–H and O–H groups in total. The second-order valence-electron chi connectivity index (χ2n) is 4.15. The molecule has 0 aromatic heterocycles. The molecule has 1 aromatic carbocycles. The van der Waals surface area contributed by atoms with Gasteiger partial charge in [0.05, 0.1) is 19.4 Å². The van der Waals surface area contributed by atoms with Gasteiger partial charge in [0.25, 0.3) is 5.91 Å². The third-order valence-corrected chi connectivity index (χ3v) is 2.81. The number of anilines is 1. The first-order chi connectivity index (χ1) is 11.0. The molecule has 0 saturated heterocycles. The van der Waals surface area contributed by atoms with Gasteiger partial charge in [-0.15, -0.1) is 0 Å². The van der Waals surface area contributed by atoms with Crippen molar-refractivity contribution >= 4 is 29.2 Å². The molecule has 1 amide bonds. The molecule has 1 aromatic rings. The fourth-order valence-corrected chi connectivity index (χ4v) is 1.74. The van der Waals surface area contributed by atoms with Gasteiger partial charge in [-0.2, -0.15) is 5.26 Å². The van der Waals surface area contributed by atoms with E-state index in [9.17, 15) is 9.59 Å². The molecule has 0 aliphatic carbocycles. The molecule has 0 fully saturated rings. The summed E-state index contributed by atoms with van der Waals surface area (Å²) in [6.07, 6.45) is 1.14. The van der Waals surface area contributed by atoms with Crippen LogP contribution in [0.5, 0.6) is 5.75 Å². The fraction of sp³-hybridized carbons (Fsp3) is 0.267. The van der Waals surface area contributed by atoms with Gasteiger partial charge in [0, 0.05) is 11.2 Å². The molecule has 122 valence electrons. The summed E-state index contributed by atoms with van der Waals surface area (Å²) in [4.78, 5) is 23.2. The largest absolute Gasteiger partial charge is 0.495 e. The molecular weight excluding hydrogens is 322 g/mol. The maximum absolute atomic E-state index is 12.1. The number of carbonyl (C=O) groups excluding carboxylic acids is 2. The molecular formula is C15H16ClN3O4. The van der Waals surface area contributed by atoms with E-state index in [0.717, 1.165) is 6.20 Å². The first-order valence-corrected chi connectivity index (χ1v) is 7.03. The number of nitrogens with one attached hydrogen (secondary N) is 2. The van der Waals surface area contributed by atoms with Gasteiger partial charge < -0.3 is 20.1 Å². The lowest BCUT2D eigenvalue weighted by Crippen LogP contribution is -2.22. The molecule has 0 unspecified atom stereocenters. The highest BCUT2D eigenvalue weighted by Gasteiger charge is 2.13. The fourth-order valence-electron chi connectivity index (χ4n) is 1.56. The third-order valence-electron chi connectivity index (χ3n) is 2.57. The lowest BCUT2D eigenvalue weighted by Gasteiger charge is -2.10. The monoisotopic (exact) mass is 337 g/mol. The average Bonchev–Trinajstić information content (AvgIpc) is 2.52. The van der Waals surface area contributed by atoms with Gasteiger partial charge in [-0.25, -0.2) is 0 Å². The number of esters is 1. The molecule has 0 heterocycles. The van der Waals surface area contributed by atoms with Crippen molar-refractivity contribution in [1.29, 1.82) is 5.26 Å². The van der Waals surface area contributed by atoms with E-state index < -0.39 is 11.9 Å². The van der Waals surface area contributed by atoms with Crippen LogP contribution in [0.25, 0.3) is 0 Å². The van der Waals surface area contributed by atoms with Crippen molar-refractivity contribution in [3.63, 3.8) is 0 Å². The van der Waals surface area contributed by atoms with Crippen molar-refractivity contribution in [2.24, 2.45) is 0 Å². The summed E-state index contributed by atoms with van der Waals surface area (Å²) in [5.41, 5.74) is 0.118. The Hall–Kier alpha value is -2.72. The van der Waals surface area contributed by atoms with Crippen LogP contribution in [0.1, 0.15) is 6.92 Å². The van der Waals surface area contributed by atoms with Crippen LogP contribution in [0.2, 0.25) is 5.02 Å². The topological polar surface area (TPSA) is 100 Å². The predicted molar refractivity (Wildman–Crippen MR) is 85.0 cm³/mol. The molecule has 23 heavy (non-hydrogen) atoms. The van der Waals surface area contributed by atoms with Crippen molar-refractivity contribution in [3.8, 4) is 11.8 Å². The van der Waals surface area contributed by atoms with Crippen LogP contribution < -0.4 is 15.4 Å². The van der Waals surface area contributed by atoms with Gasteiger partial charge >= 0.3 is 5.97 Å². The number of halogens is 1. The molecule has 0 aliphatic rings. The maximum atomic E-state index is 12.1. The number of hydrogen-bond acceptors (Lipinski definition) is 6. The summed E-state index contributed by atoms with van der Waals surface area (Å²) in [6.45, 7) is 1.79. The first kappa shape index (κ1) is 18.3. The van der Waals surface area contributed by atoms with Crippen molar-refractivity contribution in [1.82, 2.24) is 5.32 Å². The SMILES string of the molecule is CCOC(=O)CN/C=C(/C#N)C(=O)Nc1cc(Cl)ccc1OC. The number of nitrogens with zero attached hydrogens (tertiary/aromatic N) is 1. The number of rotatable bonds is 7. The quantitative estimate of drug-likeness (QED) is 0.447. The van der Waals surface area contributed by atoms with E-state index in [-0.39, 0.29) is 18.7 Å². The zero-order chi connectivity index (χ0) is 17.2. The molecule has 0 spiro atoms. The van der Waals surface area contributed by atoms with E-state index in [2.05, 4.69) is 10.6 Å². The van der Waals surface area contributed by atoms with Crippen molar-refractivity contribution in [3.05, 3.63) is 35.0 Å². The summed E-state index contributed by atoms with van der Waals surface area (Å²) in [7, 11) is 1.45. The Morgan fingerprint density at radius 3 is 2.78 bits per heavy atom. The maximum Gasteiger partial charge on any atom is 0.325 e. The summed E-state index contributed by atoms with van der Waals surface area (Å²) in [6, 6.07) is 6.44. The summed E-state index contributed by atoms with van der Waals surface area (Å²) in [5, 5.41) is 14.5. The standard InChI is InChI=1S/C15H16ClN3O4/c1-3-23-14(20)9-18-8-10(7-17)15(21)19-12-6-11(16)4-5-13(12)22-2/h4-6,8,18H,3,9H2,1-2H3,(H,19,21)/b10-8-. The third kappa shape index (κ3) is 5.88. The van der Waals surface area contributed by atoms with Crippen LogP contribution >= 0.6 is 11.6 Å². The van der Waals surface area contributed by atoms with Gasteiger partial charge in [-0.3, -0.25) is 9.59 Å². The lowest BCUT2D eigenvalue weighted by atomic mass is 10.2. The summed E-state index contributed by atoms with van der Waals surface area (Å²) >= 11 is 5.87. The number of carbonyl (C=O) groups is 2. The minimum absolute atomic E-state index is 0.146. The Morgan fingerprint density at radius 1 is 1.43 bits per heavy atom. The predicted octanol–water partition coefficient (Wildman–Crippen LogP) is 1.85. The summed E-state index contributed by atoms with van der Waals surface area (Å²) in [5.74, 6) is -0.748. The number of hydrogen-bond donors (Lipinski definition) is 2. The molecule has 0 radical (unpaired) electrons. The zero-order valence-electron chi connectivity index (χ0n) is 12.7. The van der Waals surface area contributed by atoms with E-state index in [1.807, 2.05) is 0 Å². The van der Waals surface area contributed by atoms with Gasteiger partial charge in [-0.05, 0) is 25.1 Å². The highest BCUT2D eigenvalue weighted by Crippen LogP contribution is 2.27. The highest BCUT2D eigenvalue weighted by atomic mass is 35.5. The second-order valence-corrected chi connectivity index (χ2v) is 4.59. The smallest absolute Gasteiger partial charge is 0.325 e. The molecule has 7 nitrogen and oxygen atoms in total. The van der Waals surface area contributed by atoms with E-state index in [4.69, 9.17) is 26.3 Å². The van der Waals surface area contributed by atoms with E-state index in [0.29, 0.717) is 16.5 Å². The molecule has 0 atom stereocenters. The van der Waals surface area contributed by atoms with Crippen LogP contribution in [0, 0.1) is 11.3 Å². The Balaban J connectivity index is 2.76. The zero-order valence-corrected chi connectivity index (χ0v) is 13.4. The minimum Gasteiger partial charge on any atom is -0.495 e. The molecule has 0 saturated carbocycles. The van der Waals surface area contributed by atoms with Crippen LogP contribution in [0.15, 0.2) is 30.0 Å². The average molecular weight is 338 g/mol. The van der Waals surface area contributed by atoms with Gasteiger partial charge in [0.1, 0.15) is 23.9 Å². The highest BCUT2D eigenvalue weighted by molar-refractivity contribution is 6.31. The Bertz CT molecular complexity index is 653. The van der Waals surface area contributed by atoms with Gasteiger partial charge in [0.15, 0.2) is 0 Å². The first-order valence-electron chi connectivity index (χ1n) is 6.66. The van der Waals surface area contributed by atoms with Gasteiger partial charge in [-0.1, -0.05) is 11.6 Å². The van der Waals surface area contributed by atoms with Crippen LogP contribution in [-0.4, -0.2) is 32.1 Å². The molecule has 1 rings (SSSR count). The van der Waals surface area contributed by atoms with Crippen LogP contribution in [-0.2, 0) is 14.3 Å². The van der Waals surface area contributed by atoms with Crippen LogP contribution in [0.4, 0.5) is 5.69 Å². The number of amides is 1. The van der Waals surface area contributed by atoms with Crippen molar-refractivity contribution in [2.75, 3.05) is 25.6 Å². The number of nitriles is 1. The number of methoxy groups -OCH3 is 1. The molecule has 0 bridgehead atoms. The molecule has 8 heteroatoms. The minimum atomic E-state index is -0.663. The Morgan fingerprint density at radius 2 is 2.17 bits per heavy atom. The van der Waals surface area contributed by atoms with E-state index in [1.165, 1.54) is 13.2 Å². The second kappa shape index (κ2) is 9.33. The molecule has 0 aliphatic heterocycles. The summed E-state index contributed by atoms with van der Waals surface area (Å²) < 4.78 is 9.81. The normalized spacial score (nSPS) is 10.4. The van der Waals surface area contributed by atoms with Crippen molar-refractivity contribution < 1.29 is 19.1 Å². The number of ether oxygens (including phenoxy) is 2. The Labute approximate surface area is 138 Å². The lowest BCUT2D eigenvalue weighted by molar-refractivity contribution is -0.141. The van der Waals surface area contributed by atoms with Crippen LogP contribution in [0.3, 0.4) is 0 Å². The Kier molecular flexibility index (Phi) is 7.43. The van der Waals surface area contributed by atoms with Gasteiger partial charge in [0.2, 0.25) is 0 Å². The van der Waals surface area contributed by atoms with E-state index in [1.54, 1.807) is 25.1 Å². The van der Waals surface area contributed by atoms with Crippen molar-refractivity contribution in [2.45, 2.75) is 6.92 Å². The number of benzene rings is 1.